The van der Waals surface area contributed by atoms with Gasteiger partial charge in [-0.05, 0) is 43.7 Å². The molecule has 5 heteroatoms. The third-order valence-electron chi connectivity index (χ3n) is 2.98. The SMILES string of the molecule is CC(C)Oc1ccc(-c2csc3ncc(CCl)n23)cc1. The van der Waals surface area contributed by atoms with Crippen LogP contribution in [-0.2, 0) is 5.88 Å². The summed E-state index contributed by atoms with van der Waals surface area (Å²) in [4.78, 5) is 5.34. The van der Waals surface area contributed by atoms with E-state index in [2.05, 4.69) is 26.9 Å². The van der Waals surface area contributed by atoms with Crippen molar-refractivity contribution >= 4 is 27.9 Å². The molecule has 0 saturated carbocycles. The second-order valence-electron chi connectivity index (χ2n) is 4.81. The molecule has 0 unspecified atom stereocenters. The molecule has 0 amide bonds. The van der Waals surface area contributed by atoms with Gasteiger partial charge in [0, 0.05) is 5.38 Å². The van der Waals surface area contributed by atoms with Crippen LogP contribution in [0.25, 0.3) is 16.2 Å². The fraction of sp³-hybridized carbons (Fsp3) is 0.267. The summed E-state index contributed by atoms with van der Waals surface area (Å²) in [5.74, 6) is 1.35. The standard InChI is InChI=1S/C15H15ClN2OS/c1-10(2)19-13-5-3-11(4-6-13)14-9-20-15-17-8-12(7-16)18(14)15/h3-6,8-10H,7H2,1-2H3. The Balaban J connectivity index is 2.00. The van der Waals surface area contributed by atoms with E-state index in [1.807, 2.05) is 32.2 Å². The molecule has 0 aliphatic heterocycles. The smallest absolute Gasteiger partial charge is 0.194 e. The van der Waals surface area contributed by atoms with Crippen molar-refractivity contribution in [2.75, 3.05) is 0 Å². The zero-order chi connectivity index (χ0) is 14.1. The molecule has 3 aromatic rings. The molecule has 0 spiro atoms. The normalized spacial score (nSPS) is 11.4. The lowest BCUT2D eigenvalue weighted by Gasteiger charge is -2.10. The number of halogens is 1. The van der Waals surface area contributed by atoms with Crippen LogP contribution in [0.2, 0.25) is 0 Å². The summed E-state index contributed by atoms with van der Waals surface area (Å²) < 4.78 is 7.77. The molecule has 1 aromatic carbocycles. The first-order valence-corrected chi connectivity index (χ1v) is 7.87. The molecule has 0 atom stereocenters. The maximum absolute atomic E-state index is 5.97. The Morgan fingerprint density at radius 3 is 2.70 bits per heavy atom. The predicted octanol–water partition coefficient (Wildman–Crippen LogP) is 4.59. The van der Waals surface area contributed by atoms with Gasteiger partial charge in [0.15, 0.2) is 4.96 Å². The quantitative estimate of drug-likeness (QED) is 0.659. The summed E-state index contributed by atoms with van der Waals surface area (Å²) in [6.07, 6.45) is 2.02. The first-order chi connectivity index (χ1) is 9.69. The van der Waals surface area contributed by atoms with Gasteiger partial charge in [0.1, 0.15) is 5.75 Å². The van der Waals surface area contributed by atoms with Crippen molar-refractivity contribution in [2.24, 2.45) is 0 Å². The molecular formula is C15H15ClN2OS. The van der Waals surface area contributed by atoms with Gasteiger partial charge in [-0.1, -0.05) is 0 Å². The molecule has 0 fully saturated rings. The van der Waals surface area contributed by atoms with Crippen LogP contribution >= 0.6 is 22.9 Å². The number of alkyl halides is 1. The van der Waals surface area contributed by atoms with Gasteiger partial charge >= 0.3 is 0 Å². The lowest BCUT2D eigenvalue weighted by atomic mass is 10.1. The Bertz CT molecular complexity index is 715. The highest BCUT2D eigenvalue weighted by Gasteiger charge is 2.11. The molecular weight excluding hydrogens is 292 g/mol. The van der Waals surface area contributed by atoms with Crippen molar-refractivity contribution in [3.05, 3.63) is 41.5 Å². The van der Waals surface area contributed by atoms with E-state index in [-0.39, 0.29) is 6.10 Å². The van der Waals surface area contributed by atoms with Gasteiger partial charge < -0.3 is 4.74 Å². The number of nitrogens with zero attached hydrogens (tertiary/aromatic N) is 2. The molecule has 0 aliphatic rings. The van der Waals surface area contributed by atoms with E-state index >= 15 is 0 Å². The second-order valence-corrected chi connectivity index (χ2v) is 5.92. The first-order valence-electron chi connectivity index (χ1n) is 6.46. The number of ether oxygens (including phenoxy) is 1. The number of fused-ring (bicyclic) bond motifs is 1. The summed E-state index contributed by atoms with van der Waals surface area (Å²) >= 11 is 7.59. The molecule has 2 heterocycles. The highest BCUT2D eigenvalue weighted by molar-refractivity contribution is 7.15. The Kier molecular flexibility index (Phi) is 3.68. The van der Waals surface area contributed by atoms with Crippen LogP contribution in [-0.4, -0.2) is 15.5 Å². The topological polar surface area (TPSA) is 26.5 Å². The molecule has 2 aromatic heterocycles. The molecule has 0 bridgehead atoms. The lowest BCUT2D eigenvalue weighted by molar-refractivity contribution is 0.242. The largest absolute Gasteiger partial charge is 0.491 e. The molecule has 3 rings (SSSR count). The fourth-order valence-electron chi connectivity index (χ4n) is 2.14. The summed E-state index contributed by atoms with van der Waals surface area (Å²) in [6, 6.07) is 8.13. The second kappa shape index (κ2) is 5.46. The molecule has 0 saturated heterocycles. The third-order valence-corrected chi connectivity index (χ3v) is 4.09. The maximum atomic E-state index is 5.97. The van der Waals surface area contributed by atoms with Crippen LogP contribution in [0.15, 0.2) is 35.8 Å². The van der Waals surface area contributed by atoms with E-state index in [0.717, 1.165) is 27.7 Å². The van der Waals surface area contributed by atoms with E-state index in [0.29, 0.717) is 5.88 Å². The molecule has 3 nitrogen and oxygen atoms in total. The minimum Gasteiger partial charge on any atom is -0.491 e. The summed E-state index contributed by atoms with van der Waals surface area (Å²) in [5.41, 5.74) is 3.27. The Morgan fingerprint density at radius 2 is 2.05 bits per heavy atom. The molecule has 104 valence electrons. The van der Waals surface area contributed by atoms with Gasteiger partial charge in [-0.3, -0.25) is 4.40 Å². The van der Waals surface area contributed by atoms with Crippen molar-refractivity contribution in [1.82, 2.24) is 9.38 Å². The van der Waals surface area contributed by atoms with Crippen molar-refractivity contribution < 1.29 is 4.74 Å². The maximum Gasteiger partial charge on any atom is 0.194 e. The van der Waals surface area contributed by atoms with Crippen molar-refractivity contribution in [3.8, 4) is 17.0 Å². The highest BCUT2D eigenvalue weighted by atomic mass is 35.5. The zero-order valence-corrected chi connectivity index (χ0v) is 12.9. The average Bonchev–Trinajstić information content (AvgIpc) is 3.00. The highest BCUT2D eigenvalue weighted by Crippen LogP contribution is 2.29. The Hall–Kier alpha value is -1.52. The van der Waals surface area contributed by atoms with Crippen molar-refractivity contribution in [2.45, 2.75) is 25.8 Å². The number of thiazole rings is 1. The van der Waals surface area contributed by atoms with Crippen LogP contribution in [0.3, 0.4) is 0 Å². The molecule has 20 heavy (non-hydrogen) atoms. The van der Waals surface area contributed by atoms with Crippen LogP contribution in [0.4, 0.5) is 0 Å². The van der Waals surface area contributed by atoms with Crippen molar-refractivity contribution in [3.63, 3.8) is 0 Å². The number of imidazole rings is 1. The van der Waals surface area contributed by atoms with E-state index in [1.165, 1.54) is 0 Å². The Labute approximate surface area is 126 Å². The van der Waals surface area contributed by atoms with Crippen LogP contribution in [0.1, 0.15) is 19.5 Å². The number of hydrogen-bond acceptors (Lipinski definition) is 3. The van der Waals surface area contributed by atoms with Gasteiger partial charge in [-0.15, -0.1) is 22.9 Å². The number of hydrogen-bond donors (Lipinski definition) is 0. The van der Waals surface area contributed by atoms with E-state index < -0.39 is 0 Å². The fourth-order valence-corrected chi connectivity index (χ4v) is 3.22. The van der Waals surface area contributed by atoms with Crippen LogP contribution < -0.4 is 4.74 Å². The molecule has 0 radical (unpaired) electrons. The van der Waals surface area contributed by atoms with E-state index in [1.54, 1.807) is 11.3 Å². The average molecular weight is 307 g/mol. The minimum atomic E-state index is 0.185. The van der Waals surface area contributed by atoms with Gasteiger partial charge in [0.05, 0.1) is 29.6 Å². The molecule has 0 aliphatic carbocycles. The monoisotopic (exact) mass is 306 g/mol. The van der Waals surface area contributed by atoms with E-state index in [9.17, 15) is 0 Å². The van der Waals surface area contributed by atoms with Gasteiger partial charge in [-0.2, -0.15) is 0 Å². The van der Waals surface area contributed by atoms with E-state index in [4.69, 9.17) is 16.3 Å². The third kappa shape index (κ3) is 2.41. The summed E-state index contributed by atoms with van der Waals surface area (Å²) in [5, 5.41) is 2.11. The number of rotatable bonds is 4. The predicted molar refractivity (Wildman–Crippen MR) is 83.8 cm³/mol. The summed E-state index contributed by atoms with van der Waals surface area (Å²) in [7, 11) is 0. The number of aromatic nitrogens is 2. The zero-order valence-electron chi connectivity index (χ0n) is 11.3. The molecule has 0 N–H and O–H groups in total. The van der Waals surface area contributed by atoms with Gasteiger partial charge in [0.25, 0.3) is 0 Å². The summed E-state index contributed by atoms with van der Waals surface area (Å²) in [6.45, 7) is 4.04. The van der Waals surface area contributed by atoms with Crippen LogP contribution in [0.5, 0.6) is 5.75 Å². The van der Waals surface area contributed by atoms with Gasteiger partial charge in [-0.25, -0.2) is 4.98 Å². The van der Waals surface area contributed by atoms with Gasteiger partial charge in [0.2, 0.25) is 0 Å². The van der Waals surface area contributed by atoms with Crippen molar-refractivity contribution in [1.29, 1.82) is 0 Å². The minimum absolute atomic E-state index is 0.185. The van der Waals surface area contributed by atoms with Crippen LogP contribution in [0, 0.1) is 0 Å². The first kappa shape index (κ1) is 13.5. The number of benzene rings is 1. The lowest BCUT2D eigenvalue weighted by Crippen LogP contribution is -2.05. The Morgan fingerprint density at radius 1 is 1.30 bits per heavy atom.